The maximum absolute atomic E-state index is 9.49. The van der Waals surface area contributed by atoms with Gasteiger partial charge in [-0.05, 0) is 36.0 Å². The van der Waals surface area contributed by atoms with Gasteiger partial charge in [0.05, 0.1) is 6.61 Å². The molecule has 0 saturated carbocycles. The van der Waals surface area contributed by atoms with Crippen molar-refractivity contribution in [2.45, 2.75) is 53.1 Å². The molecule has 1 aliphatic heterocycles. The van der Waals surface area contributed by atoms with E-state index < -0.39 is 0 Å². The zero-order valence-electron chi connectivity index (χ0n) is 13.5. The molecule has 20 heavy (non-hydrogen) atoms. The van der Waals surface area contributed by atoms with E-state index in [4.69, 9.17) is 4.98 Å². The van der Waals surface area contributed by atoms with E-state index in [2.05, 4.69) is 39.5 Å². The molecule has 0 aromatic carbocycles. The summed E-state index contributed by atoms with van der Waals surface area (Å²) in [6.07, 6.45) is 1.24. The average molecular weight is 276 g/mol. The third-order valence-electron chi connectivity index (χ3n) is 4.31. The van der Waals surface area contributed by atoms with Crippen LogP contribution in [0, 0.1) is 11.8 Å². The Morgan fingerprint density at radius 2 is 2.05 bits per heavy atom. The smallest absolute Gasteiger partial charge is 0.129 e. The monoisotopic (exact) mass is 276 g/mol. The number of aromatic nitrogens is 1. The summed E-state index contributed by atoms with van der Waals surface area (Å²) < 4.78 is 0. The van der Waals surface area contributed by atoms with E-state index in [1.165, 1.54) is 6.42 Å². The SMILES string of the molecule is CC(C)C1CCN(c2cc(CO)cc(C(C)(C)C)n2)C1. The summed E-state index contributed by atoms with van der Waals surface area (Å²) in [4.78, 5) is 7.22. The lowest BCUT2D eigenvalue weighted by Crippen LogP contribution is -2.24. The minimum Gasteiger partial charge on any atom is -0.392 e. The molecule has 1 aromatic rings. The second-order valence-electron chi connectivity index (χ2n) is 7.37. The van der Waals surface area contributed by atoms with E-state index in [1.807, 2.05) is 12.1 Å². The number of aliphatic hydroxyl groups is 1. The van der Waals surface area contributed by atoms with E-state index in [1.54, 1.807) is 0 Å². The Labute approximate surface area is 123 Å². The van der Waals surface area contributed by atoms with Crippen molar-refractivity contribution in [2.24, 2.45) is 11.8 Å². The van der Waals surface area contributed by atoms with Crippen LogP contribution in [0.25, 0.3) is 0 Å². The van der Waals surface area contributed by atoms with Crippen LogP contribution in [0.4, 0.5) is 5.82 Å². The fraction of sp³-hybridized carbons (Fsp3) is 0.706. The highest BCUT2D eigenvalue weighted by atomic mass is 16.3. The number of aliphatic hydroxyl groups excluding tert-OH is 1. The van der Waals surface area contributed by atoms with Crippen LogP contribution in [0.15, 0.2) is 12.1 Å². The van der Waals surface area contributed by atoms with E-state index in [-0.39, 0.29) is 12.0 Å². The first-order chi connectivity index (χ1) is 9.31. The predicted octanol–water partition coefficient (Wildman–Crippen LogP) is 3.35. The number of anilines is 1. The summed E-state index contributed by atoms with van der Waals surface area (Å²) in [6, 6.07) is 4.07. The third-order valence-corrected chi connectivity index (χ3v) is 4.31. The largest absolute Gasteiger partial charge is 0.392 e. The summed E-state index contributed by atoms with van der Waals surface area (Å²) in [5, 5.41) is 9.49. The Bertz CT molecular complexity index is 463. The van der Waals surface area contributed by atoms with Crippen LogP contribution in [0.2, 0.25) is 0 Å². The van der Waals surface area contributed by atoms with Crippen molar-refractivity contribution in [1.29, 1.82) is 0 Å². The van der Waals surface area contributed by atoms with Crippen molar-refractivity contribution < 1.29 is 5.11 Å². The highest BCUT2D eigenvalue weighted by Crippen LogP contribution is 2.30. The Balaban J connectivity index is 2.28. The van der Waals surface area contributed by atoms with Crippen LogP contribution in [-0.4, -0.2) is 23.2 Å². The van der Waals surface area contributed by atoms with Crippen LogP contribution < -0.4 is 4.90 Å². The van der Waals surface area contributed by atoms with Crippen molar-refractivity contribution in [1.82, 2.24) is 4.98 Å². The highest BCUT2D eigenvalue weighted by Gasteiger charge is 2.27. The van der Waals surface area contributed by atoms with Gasteiger partial charge in [-0.3, -0.25) is 0 Å². The van der Waals surface area contributed by atoms with Gasteiger partial charge < -0.3 is 10.0 Å². The minimum absolute atomic E-state index is 0.0110. The first-order valence-electron chi connectivity index (χ1n) is 7.68. The molecule has 0 radical (unpaired) electrons. The van der Waals surface area contributed by atoms with Crippen molar-refractivity contribution in [3.8, 4) is 0 Å². The molecule has 1 atom stereocenters. The Kier molecular flexibility index (Phi) is 4.38. The molecular weight excluding hydrogens is 248 g/mol. The second-order valence-corrected chi connectivity index (χ2v) is 7.37. The average Bonchev–Trinajstić information content (AvgIpc) is 2.87. The normalized spacial score (nSPS) is 19.9. The fourth-order valence-electron chi connectivity index (χ4n) is 2.75. The summed E-state index contributed by atoms with van der Waals surface area (Å²) in [7, 11) is 0. The van der Waals surface area contributed by atoms with Gasteiger partial charge in [0.2, 0.25) is 0 Å². The maximum Gasteiger partial charge on any atom is 0.129 e. The van der Waals surface area contributed by atoms with E-state index in [0.29, 0.717) is 0 Å². The summed E-state index contributed by atoms with van der Waals surface area (Å²) in [5.74, 6) is 2.51. The molecule has 3 nitrogen and oxygen atoms in total. The van der Waals surface area contributed by atoms with Gasteiger partial charge in [-0.1, -0.05) is 34.6 Å². The molecule has 0 amide bonds. The van der Waals surface area contributed by atoms with Crippen molar-refractivity contribution in [3.05, 3.63) is 23.4 Å². The molecule has 3 heteroatoms. The summed E-state index contributed by atoms with van der Waals surface area (Å²) in [5.41, 5.74) is 2.04. The molecule has 2 heterocycles. The van der Waals surface area contributed by atoms with Gasteiger partial charge in [0.1, 0.15) is 5.82 Å². The number of pyridine rings is 1. The molecule has 0 spiro atoms. The lowest BCUT2D eigenvalue weighted by molar-refractivity contribution is 0.281. The van der Waals surface area contributed by atoms with Crippen molar-refractivity contribution in [2.75, 3.05) is 18.0 Å². The maximum atomic E-state index is 9.49. The van der Waals surface area contributed by atoms with Crippen LogP contribution in [0.5, 0.6) is 0 Å². The number of hydrogen-bond acceptors (Lipinski definition) is 3. The van der Waals surface area contributed by atoms with E-state index in [0.717, 1.165) is 42.0 Å². The van der Waals surface area contributed by atoms with Crippen molar-refractivity contribution in [3.63, 3.8) is 0 Å². The lowest BCUT2D eigenvalue weighted by atomic mass is 9.91. The second kappa shape index (κ2) is 5.72. The molecule has 1 saturated heterocycles. The van der Waals surface area contributed by atoms with Gasteiger partial charge in [0.25, 0.3) is 0 Å². The van der Waals surface area contributed by atoms with Crippen molar-refractivity contribution >= 4 is 5.82 Å². The molecule has 112 valence electrons. The highest BCUT2D eigenvalue weighted by molar-refractivity contribution is 5.44. The van der Waals surface area contributed by atoms with E-state index in [9.17, 15) is 5.11 Å². The summed E-state index contributed by atoms with van der Waals surface area (Å²) >= 11 is 0. The first-order valence-corrected chi connectivity index (χ1v) is 7.68. The minimum atomic E-state index is 0.0110. The Morgan fingerprint density at radius 1 is 1.35 bits per heavy atom. The molecule has 2 rings (SSSR count). The molecule has 0 bridgehead atoms. The van der Waals surface area contributed by atoms with Gasteiger partial charge in [-0.25, -0.2) is 4.98 Å². The number of nitrogens with zero attached hydrogens (tertiary/aromatic N) is 2. The van der Waals surface area contributed by atoms with Crippen LogP contribution in [-0.2, 0) is 12.0 Å². The number of hydrogen-bond donors (Lipinski definition) is 1. The van der Waals surface area contributed by atoms with Crippen LogP contribution in [0.1, 0.15) is 52.3 Å². The molecule has 1 unspecified atom stereocenters. The Morgan fingerprint density at radius 3 is 2.55 bits per heavy atom. The third kappa shape index (κ3) is 3.32. The fourth-order valence-corrected chi connectivity index (χ4v) is 2.75. The van der Waals surface area contributed by atoms with Gasteiger partial charge in [-0.2, -0.15) is 0 Å². The van der Waals surface area contributed by atoms with E-state index >= 15 is 0 Å². The van der Waals surface area contributed by atoms with Crippen LogP contribution in [0.3, 0.4) is 0 Å². The zero-order valence-corrected chi connectivity index (χ0v) is 13.5. The van der Waals surface area contributed by atoms with Gasteiger partial charge >= 0.3 is 0 Å². The Hall–Kier alpha value is -1.09. The molecular formula is C17H28N2O. The molecule has 0 aliphatic carbocycles. The predicted molar refractivity (Wildman–Crippen MR) is 84.0 cm³/mol. The molecule has 1 aromatic heterocycles. The topological polar surface area (TPSA) is 36.4 Å². The van der Waals surface area contributed by atoms with Crippen LogP contribution >= 0.6 is 0 Å². The van der Waals surface area contributed by atoms with Gasteiger partial charge in [0.15, 0.2) is 0 Å². The first kappa shape index (κ1) is 15.3. The zero-order chi connectivity index (χ0) is 14.9. The number of rotatable bonds is 3. The molecule has 1 N–H and O–H groups in total. The lowest BCUT2D eigenvalue weighted by Gasteiger charge is -2.24. The standard InChI is InChI=1S/C17H28N2O/c1-12(2)14-6-7-19(10-14)16-9-13(11-20)8-15(18-16)17(3,4)5/h8-9,12,14,20H,6-7,10-11H2,1-5H3. The van der Waals surface area contributed by atoms with Gasteiger partial charge in [-0.15, -0.1) is 0 Å². The summed E-state index contributed by atoms with van der Waals surface area (Å²) in [6.45, 7) is 13.3. The molecule has 1 fully saturated rings. The quantitative estimate of drug-likeness (QED) is 0.919. The molecule has 1 aliphatic rings. The van der Waals surface area contributed by atoms with Gasteiger partial charge in [0, 0.05) is 24.2 Å².